The molecule has 0 atom stereocenters. The van der Waals surface area contributed by atoms with Crippen LogP contribution in [0.3, 0.4) is 0 Å². The normalized spacial score (nSPS) is 10.2. The molecule has 0 aliphatic carbocycles. The Morgan fingerprint density at radius 2 is 1.95 bits per heavy atom. The van der Waals surface area contributed by atoms with Crippen LogP contribution in [0.4, 0.5) is 5.95 Å². The van der Waals surface area contributed by atoms with Gasteiger partial charge < -0.3 is 15.8 Å². The van der Waals surface area contributed by atoms with Gasteiger partial charge in [0.15, 0.2) is 0 Å². The number of benzene rings is 1. The Labute approximate surface area is 127 Å². The van der Waals surface area contributed by atoms with Crippen LogP contribution in [0, 0.1) is 0 Å². The predicted molar refractivity (Wildman–Crippen MR) is 79.7 cm³/mol. The van der Waals surface area contributed by atoms with Crippen molar-refractivity contribution in [3.8, 4) is 5.88 Å². The molecule has 6 nitrogen and oxygen atoms in total. The van der Waals surface area contributed by atoms with E-state index in [1.807, 2.05) is 24.3 Å². The lowest BCUT2D eigenvalue weighted by molar-refractivity contribution is -0.119. The van der Waals surface area contributed by atoms with Crippen LogP contribution in [0.1, 0.15) is 18.1 Å². The van der Waals surface area contributed by atoms with Gasteiger partial charge in [0.2, 0.25) is 17.7 Å². The molecule has 1 aromatic heterocycles. The maximum Gasteiger partial charge on any atom is 0.224 e. The lowest BCUT2D eigenvalue weighted by atomic mass is 10.1. The first-order valence-corrected chi connectivity index (χ1v) is 6.66. The highest BCUT2D eigenvalue weighted by atomic mass is 35.5. The number of ether oxygens (including phenoxy) is 1. The Balaban J connectivity index is 1.92. The van der Waals surface area contributed by atoms with Crippen LogP contribution in [-0.4, -0.2) is 15.9 Å². The highest BCUT2D eigenvalue weighted by Crippen LogP contribution is 2.16. The minimum Gasteiger partial charge on any atom is -0.473 e. The summed E-state index contributed by atoms with van der Waals surface area (Å²) >= 11 is 5.77. The number of amides is 1. The number of hydrogen-bond donors (Lipinski definition) is 2. The van der Waals surface area contributed by atoms with Gasteiger partial charge in [-0.15, -0.1) is 0 Å². The van der Waals surface area contributed by atoms with Crippen molar-refractivity contribution in [2.24, 2.45) is 0 Å². The molecule has 7 heteroatoms. The fourth-order valence-electron chi connectivity index (χ4n) is 1.62. The van der Waals surface area contributed by atoms with Crippen LogP contribution in [-0.2, 0) is 17.9 Å². The fraction of sp³-hybridized carbons (Fsp3) is 0.214. The van der Waals surface area contributed by atoms with E-state index >= 15 is 0 Å². The van der Waals surface area contributed by atoms with Gasteiger partial charge in [-0.2, -0.15) is 4.98 Å². The topological polar surface area (TPSA) is 90.1 Å². The Morgan fingerprint density at radius 1 is 1.29 bits per heavy atom. The summed E-state index contributed by atoms with van der Waals surface area (Å²) < 4.78 is 5.51. The second kappa shape index (κ2) is 6.90. The van der Waals surface area contributed by atoms with E-state index in [1.165, 1.54) is 13.0 Å². The van der Waals surface area contributed by atoms with Crippen LogP contribution >= 0.6 is 11.6 Å². The zero-order valence-electron chi connectivity index (χ0n) is 11.5. The van der Waals surface area contributed by atoms with Crippen molar-refractivity contribution in [1.82, 2.24) is 15.3 Å². The summed E-state index contributed by atoms with van der Waals surface area (Å²) in [6.07, 6.45) is 0. The van der Waals surface area contributed by atoms with Crippen LogP contribution in [0.5, 0.6) is 5.88 Å². The molecule has 0 saturated carbocycles. The molecule has 0 aliphatic rings. The van der Waals surface area contributed by atoms with Crippen molar-refractivity contribution in [3.63, 3.8) is 0 Å². The molecule has 2 aromatic rings. The molecule has 1 heterocycles. The largest absolute Gasteiger partial charge is 0.473 e. The number of halogens is 1. The monoisotopic (exact) mass is 306 g/mol. The average molecular weight is 307 g/mol. The van der Waals surface area contributed by atoms with Crippen LogP contribution in [0.25, 0.3) is 0 Å². The van der Waals surface area contributed by atoms with Gasteiger partial charge in [0.05, 0.1) is 0 Å². The average Bonchev–Trinajstić information content (AvgIpc) is 2.43. The Kier molecular flexibility index (Phi) is 4.94. The lowest BCUT2D eigenvalue weighted by Crippen LogP contribution is -2.18. The summed E-state index contributed by atoms with van der Waals surface area (Å²) in [4.78, 5) is 18.5. The molecule has 0 radical (unpaired) electrons. The minimum absolute atomic E-state index is 0.0550. The zero-order valence-corrected chi connectivity index (χ0v) is 12.2. The molecule has 3 N–H and O–H groups in total. The molecule has 2 rings (SSSR count). The number of nitrogens with one attached hydrogen (secondary N) is 1. The molecule has 0 spiro atoms. The number of carbonyl (C=O) groups is 1. The molecular formula is C14H15ClN4O2. The van der Waals surface area contributed by atoms with Gasteiger partial charge in [-0.25, -0.2) is 4.98 Å². The number of nitrogens with zero attached hydrogens (tertiary/aromatic N) is 2. The molecule has 0 unspecified atom stereocenters. The zero-order chi connectivity index (χ0) is 15.2. The Morgan fingerprint density at radius 3 is 2.57 bits per heavy atom. The van der Waals surface area contributed by atoms with E-state index in [0.717, 1.165) is 11.1 Å². The number of anilines is 1. The number of hydrogen-bond acceptors (Lipinski definition) is 5. The number of aromatic nitrogens is 2. The molecular weight excluding hydrogens is 292 g/mol. The van der Waals surface area contributed by atoms with Crippen LogP contribution in [0.2, 0.25) is 5.15 Å². The fourth-order valence-corrected chi connectivity index (χ4v) is 1.80. The number of nitrogen functional groups attached to an aromatic ring is 1. The van der Waals surface area contributed by atoms with Crippen molar-refractivity contribution < 1.29 is 9.53 Å². The van der Waals surface area contributed by atoms with E-state index in [2.05, 4.69) is 15.3 Å². The molecule has 110 valence electrons. The smallest absolute Gasteiger partial charge is 0.224 e. The van der Waals surface area contributed by atoms with Crippen molar-refractivity contribution in [2.45, 2.75) is 20.1 Å². The van der Waals surface area contributed by atoms with E-state index in [4.69, 9.17) is 22.1 Å². The minimum atomic E-state index is -0.0550. The summed E-state index contributed by atoms with van der Waals surface area (Å²) in [7, 11) is 0. The highest BCUT2D eigenvalue weighted by molar-refractivity contribution is 6.29. The number of nitrogens with two attached hydrogens (primary N) is 1. The lowest BCUT2D eigenvalue weighted by Gasteiger charge is -2.07. The first-order valence-electron chi connectivity index (χ1n) is 6.28. The van der Waals surface area contributed by atoms with Gasteiger partial charge >= 0.3 is 0 Å². The SMILES string of the molecule is CC(=O)NCc1ccc(COc2cc(Cl)nc(N)n2)cc1. The molecule has 0 fully saturated rings. The summed E-state index contributed by atoms with van der Waals surface area (Å²) in [6, 6.07) is 9.20. The van der Waals surface area contributed by atoms with Gasteiger partial charge in [-0.3, -0.25) is 4.79 Å². The van der Waals surface area contributed by atoms with Gasteiger partial charge in [0.25, 0.3) is 0 Å². The van der Waals surface area contributed by atoms with Crippen LogP contribution < -0.4 is 15.8 Å². The van der Waals surface area contributed by atoms with E-state index in [0.29, 0.717) is 19.0 Å². The predicted octanol–water partition coefficient (Wildman–Crippen LogP) is 1.93. The second-order valence-corrected chi connectivity index (χ2v) is 4.79. The van der Waals surface area contributed by atoms with Gasteiger partial charge in [-0.05, 0) is 11.1 Å². The first kappa shape index (κ1) is 15.1. The van der Waals surface area contributed by atoms with Crippen molar-refractivity contribution in [1.29, 1.82) is 0 Å². The second-order valence-electron chi connectivity index (χ2n) is 4.40. The summed E-state index contributed by atoms with van der Waals surface area (Å²) in [5.74, 6) is 0.346. The van der Waals surface area contributed by atoms with Gasteiger partial charge in [-0.1, -0.05) is 35.9 Å². The third-order valence-electron chi connectivity index (χ3n) is 2.64. The quantitative estimate of drug-likeness (QED) is 0.824. The van der Waals surface area contributed by atoms with Crippen molar-refractivity contribution in [3.05, 3.63) is 46.6 Å². The van der Waals surface area contributed by atoms with E-state index < -0.39 is 0 Å². The molecule has 1 aromatic carbocycles. The van der Waals surface area contributed by atoms with Crippen molar-refractivity contribution >= 4 is 23.5 Å². The highest BCUT2D eigenvalue weighted by Gasteiger charge is 2.02. The molecule has 21 heavy (non-hydrogen) atoms. The van der Waals surface area contributed by atoms with E-state index in [-0.39, 0.29) is 17.0 Å². The van der Waals surface area contributed by atoms with E-state index in [1.54, 1.807) is 0 Å². The molecule has 0 aliphatic heterocycles. The molecule has 1 amide bonds. The summed E-state index contributed by atoms with van der Waals surface area (Å²) in [5, 5.41) is 2.97. The third-order valence-corrected chi connectivity index (χ3v) is 2.83. The molecule has 0 bridgehead atoms. The van der Waals surface area contributed by atoms with Gasteiger partial charge in [0.1, 0.15) is 11.8 Å². The first-order chi connectivity index (χ1) is 10.0. The standard InChI is InChI=1S/C14H15ClN4O2/c1-9(20)17-7-10-2-4-11(5-3-10)8-21-13-6-12(15)18-14(16)19-13/h2-6H,7-8H2,1H3,(H,17,20)(H2,16,18,19). The Bertz CT molecular complexity index is 611. The Hall–Kier alpha value is -2.34. The summed E-state index contributed by atoms with van der Waals surface area (Å²) in [6.45, 7) is 2.34. The number of rotatable bonds is 5. The van der Waals surface area contributed by atoms with Crippen molar-refractivity contribution in [2.75, 3.05) is 5.73 Å². The van der Waals surface area contributed by atoms with E-state index in [9.17, 15) is 4.79 Å². The third kappa shape index (κ3) is 4.92. The van der Waals surface area contributed by atoms with Crippen LogP contribution in [0.15, 0.2) is 30.3 Å². The number of carbonyl (C=O) groups excluding carboxylic acids is 1. The maximum atomic E-state index is 10.8. The van der Waals surface area contributed by atoms with Gasteiger partial charge in [0, 0.05) is 19.5 Å². The maximum absolute atomic E-state index is 10.8. The summed E-state index contributed by atoms with van der Waals surface area (Å²) in [5.41, 5.74) is 7.47. The molecule has 0 saturated heterocycles.